The molecule has 2 aromatic carbocycles. The van der Waals surface area contributed by atoms with E-state index in [1.165, 1.54) is 56.1 Å². The molecule has 4 heteroatoms. The molecule has 0 N–H and O–H groups in total. The van der Waals surface area contributed by atoms with Gasteiger partial charge in [-0.25, -0.2) is 4.79 Å². The number of benzene rings is 2. The zero-order valence-electron chi connectivity index (χ0n) is 23.6. The van der Waals surface area contributed by atoms with Crippen LogP contribution in [-0.4, -0.2) is 18.4 Å². The lowest BCUT2D eigenvalue weighted by molar-refractivity contribution is -0.130. The van der Waals surface area contributed by atoms with Crippen molar-refractivity contribution in [1.82, 2.24) is 0 Å². The molecule has 38 heavy (non-hydrogen) atoms. The van der Waals surface area contributed by atoms with E-state index in [-0.39, 0.29) is 5.78 Å². The van der Waals surface area contributed by atoms with Gasteiger partial charge in [-0.1, -0.05) is 89.3 Å². The van der Waals surface area contributed by atoms with E-state index < -0.39 is 5.97 Å². The molecule has 0 aliphatic heterocycles. The maximum absolute atomic E-state index is 12.4. The van der Waals surface area contributed by atoms with Gasteiger partial charge in [-0.2, -0.15) is 0 Å². The Balaban J connectivity index is 1.74. The summed E-state index contributed by atoms with van der Waals surface area (Å²) < 4.78 is 11.7. The molecule has 0 heterocycles. The third-order valence-electron chi connectivity index (χ3n) is 7.18. The summed E-state index contributed by atoms with van der Waals surface area (Å²) in [5.74, 6) is 0.677. The molecule has 0 amide bonds. The van der Waals surface area contributed by atoms with Crippen LogP contribution in [0.2, 0.25) is 0 Å². The number of allylic oxidation sites excluding steroid dienone is 1. The minimum atomic E-state index is -0.477. The Morgan fingerprint density at radius 3 is 2.37 bits per heavy atom. The topological polar surface area (TPSA) is 52.6 Å². The van der Waals surface area contributed by atoms with E-state index in [4.69, 9.17) is 9.47 Å². The number of ether oxygens (including phenoxy) is 2. The molecular formula is C34H44O4. The van der Waals surface area contributed by atoms with E-state index in [9.17, 15) is 9.59 Å². The molecule has 0 bridgehead atoms. The quantitative estimate of drug-likeness (QED) is 0.0780. The third kappa shape index (κ3) is 9.01. The van der Waals surface area contributed by atoms with E-state index in [1.807, 2.05) is 24.3 Å². The standard InChI is InChI=1S/C34H44O4/c1-5-7-8-9-10-11-12-13-26-16-20-31(28(6-2)22-26)29-17-21-32(33(23-29)38-34(36)25(3)4)37-24-27-14-18-30(35)19-15-27/h14,16-17,20-23H,3,5-13,15,18-19,24H2,1-2,4H3. The van der Waals surface area contributed by atoms with Gasteiger partial charge in [0, 0.05) is 18.4 Å². The van der Waals surface area contributed by atoms with Crippen molar-refractivity contribution in [3.05, 3.63) is 71.3 Å². The number of Topliss-reactive ketones (excluding diaryl/α,β-unsaturated/α-hetero) is 1. The maximum atomic E-state index is 12.4. The molecule has 0 radical (unpaired) electrons. The first-order chi connectivity index (χ1) is 18.4. The normalized spacial score (nSPS) is 13.2. The largest absolute Gasteiger partial charge is 0.485 e. The van der Waals surface area contributed by atoms with Crippen LogP contribution in [0.5, 0.6) is 11.5 Å². The average molecular weight is 517 g/mol. The highest BCUT2D eigenvalue weighted by Crippen LogP contribution is 2.36. The number of aryl methyl sites for hydroxylation is 2. The number of ketones is 1. The fraction of sp³-hybridized carbons (Fsp3) is 0.471. The summed E-state index contributed by atoms with van der Waals surface area (Å²) in [6, 6.07) is 12.5. The lowest BCUT2D eigenvalue weighted by Crippen LogP contribution is -2.12. The average Bonchev–Trinajstić information content (AvgIpc) is 2.92. The molecule has 0 saturated heterocycles. The number of unbranched alkanes of at least 4 members (excludes halogenated alkanes) is 6. The van der Waals surface area contributed by atoms with Gasteiger partial charge in [-0.15, -0.1) is 0 Å². The van der Waals surface area contributed by atoms with Crippen molar-refractivity contribution in [1.29, 1.82) is 0 Å². The summed E-state index contributed by atoms with van der Waals surface area (Å²) in [6.45, 7) is 10.2. The predicted molar refractivity (Wildman–Crippen MR) is 156 cm³/mol. The van der Waals surface area contributed by atoms with Crippen LogP contribution < -0.4 is 9.47 Å². The predicted octanol–water partition coefficient (Wildman–Crippen LogP) is 8.75. The Hall–Kier alpha value is -3.14. The van der Waals surface area contributed by atoms with Gasteiger partial charge in [0.1, 0.15) is 12.4 Å². The summed E-state index contributed by atoms with van der Waals surface area (Å²) in [7, 11) is 0. The second-order valence-corrected chi connectivity index (χ2v) is 10.4. The molecule has 3 rings (SSSR count). The van der Waals surface area contributed by atoms with Crippen LogP contribution >= 0.6 is 0 Å². The molecule has 1 aliphatic rings. The van der Waals surface area contributed by atoms with Crippen LogP contribution in [-0.2, 0) is 22.4 Å². The smallest absolute Gasteiger partial charge is 0.338 e. The molecule has 0 atom stereocenters. The van der Waals surface area contributed by atoms with E-state index in [2.05, 4.69) is 38.6 Å². The fourth-order valence-electron chi connectivity index (χ4n) is 4.79. The van der Waals surface area contributed by atoms with E-state index in [0.29, 0.717) is 42.9 Å². The highest BCUT2D eigenvalue weighted by atomic mass is 16.6. The van der Waals surface area contributed by atoms with Gasteiger partial charge in [-0.05, 0) is 72.6 Å². The minimum Gasteiger partial charge on any atom is -0.485 e. The molecule has 0 saturated carbocycles. The minimum absolute atomic E-state index is 0.259. The highest BCUT2D eigenvalue weighted by Gasteiger charge is 2.16. The molecule has 0 fully saturated rings. The fourth-order valence-corrected chi connectivity index (χ4v) is 4.79. The third-order valence-corrected chi connectivity index (χ3v) is 7.18. The van der Waals surface area contributed by atoms with Crippen molar-refractivity contribution in [2.75, 3.05) is 6.61 Å². The Morgan fingerprint density at radius 2 is 1.68 bits per heavy atom. The van der Waals surface area contributed by atoms with E-state index >= 15 is 0 Å². The highest BCUT2D eigenvalue weighted by molar-refractivity contribution is 5.89. The van der Waals surface area contributed by atoms with Gasteiger partial charge >= 0.3 is 5.97 Å². The zero-order chi connectivity index (χ0) is 27.3. The van der Waals surface area contributed by atoms with Crippen molar-refractivity contribution in [3.63, 3.8) is 0 Å². The SMILES string of the molecule is C=C(C)C(=O)Oc1cc(-c2ccc(CCCCCCCCC)cc2CC)ccc1OCC1=CCC(=O)CC1. The van der Waals surface area contributed by atoms with Gasteiger partial charge in [0.2, 0.25) is 0 Å². The number of carbonyl (C=O) groups excluding carboxylic acids is 2. The van der Waals surface area contributed by atoms with Crippen molar-refractivity contribution in [2.24, 2.45) is 0 Å². The van der Waals surface area contributed by atoms with Crippen molar-refractivity contribution in [3.8, 4) is 22.6 Å². The monoisotopic (exact) mass is 516 g/mol. The molecule has 204 valence electrons. The summed E-state index contributed by atoms with van der Waals surface area (Å²) >= 11 is 0. The number of rotatable bonds is 15. The first-order valence-electron chi connectivity index (χ1n) is 14.4. The van der Waals surface area contributed by atoms with Crippen molar-refractivity contribution < 1.29 is 19.1 Å². The molecule has 0 unspecified atom stereocenters. The number of esters is 1. The molecule has 1 aliphatic carbocycles. The summed E-state index contributed by atoms with van der Waals surface area (Å²) in [4.78, 5) is 23.9. The molecule has 2 aromatic rings. The first-order valence-corrected chi connectivity index (χ1v) is 14.4. The van der Waals surface area contributed by atoms with Crippen LogP contribution in [0.3, 0.4) is 0 Å². The molecule has 0 aromatic heterocycles. The van der Waals surface area contributed by atoms with Crippen LogP contribution in [0, 0.1) is 0 Å². The van der Waals surface area contributed by atoms with Gasteiger partial charge in [0.15, 0.2) is 11.5 Å². The number of hydrogen-bond acceptors (Lipinski definition) is 4. The van der Waals surface area contributed by atoms with Crippen LogP contribution in [0.25, 0.3) is 11.1 Å². The first kappa shape index (κ1) is 29.4. The lowest BCUT2D eigenvalue weighted by Gasteiger charge is -2.17. The Labute approximate surface area is 229 Å². The van der Waals surface area contributed by atoms with Crippen molar-refractivity contribution in [2.45, 2.75) is 97.8 Å². The Bertz CT molecular complexity index is 1140. The number of hydrogen-bond donors (Lipinski definition) is 0. The van der Waals surface area contributed by atoms with Gasteiger partial charge in [-0.3, -0.25) is 4.79 Å². The summed E-state index contributed by atoms with van der Waals surface area (Å²) in [5.41, 5.74) is 6.22. The number of carbonyl (C=O) groups is 2. The maximum Gasteiger partial charge on any atom is 0.338 e. The second kappa shape index (κ2) is 15.3. The van der Waals surface area contributed by atoms with Gasteiger partial charge in [0.05, 0.1) is 0 Å². The second-order valence-electron chi connectivity index (χ2n) is 10.4. The summed E-state index contributed by atoms with van der Waals surface area (Å²) in [6.07, 6.45) is 14.9. The summed E-state index contributed by atoms with van der Waals surface area (Å²) in [5, 5.41) is 0. The van der Waals surface area contributed by atoms with Crippen LogP contribution in [0.4, 0.5) is 0 Å². The Morgan fingerprint density at radius 1 is 0.921 bits per heavy atom. The lowest BCUT2D eigenvalue weighted by atomic mass is 9.94. The van der Waals surface area contributed by atoms with Gasteiger partial charge in [0.25, 0.3) is 0 Å². The molecule has 4 nitrogen and oxygen atoms in total. The molecular weight excluding hydrogens is 472 g/mol. The van der Waals surface area contributed by atoms with E-state index in [1.54, 1.807) is 6.92 Å². The van der Waals surface area contributed by atoms with Gasteiger partial charge < -0.3 is 9.47 Å². The zero-order valence-corrected chi connectivity index (χ0v) is 23.6. The molecule has 0 spiro atoms. The Kier molecular flexibility index (Phi) is 11.9. The van der Waals surface area contributed by atoms with Crippen LogP contribution in [0.1, 0.15) is 96.1 Å². The van der Waals surface area contributed by atoms with E-state index in [0.717, 1.165) is 29.5 Å². The van der Waals surface area contributed by atoms with Crippen molar-refractivity contribution >= 4 is 11.8 Å². The van der Waals surface area contributed by atoms with Crippen LogP contribution in [0.15, 0.2) is 60.2 Å².